The smallest absolute Gasteiger partial charge is 0.177 e. The van der Waals surface area contributed by atoms with Gasteiger partial charge in [-0.2, -0.15) is 0 Å². The number of imidazole rings is 1. The zero-order chi connectivity index (χ0) is 14.3. The Labute approximate surface area is 122 Å². The molecule has 1 aliphatic rings. The number of benzene rings is 1. The zero-order valence-electron chi connectivity index (χ0n) is 11.8. The summed E-state index contributed by atoms with van der Waals surface area (Å²) in [6, 6.07) is 10.2. The highest BCUT2D eigenvalue weighted by molar-refractivity contribution is 5.70. The van der Waals surface area contributed by atoms with Gasteiger partial charge in [-0.15, -0.1) is 0 Å². The summed E-state index contributed by atoms with van der Waals surface area (Å²) < 4.78 is 6.32. The molecular weight excluding hydrogens is 264 g/mol. The first kappa shape index (κ1) is 12.3. The Bertz CT molecular complexity index is 798. The van der Waals surface area contributed by atoms with Gasteiger partial charge in [-0.25, -0.2) is 9.97 Å². The Morgan fingerprint density at radius 3 is 3.10 bits per heavy atom. The number of hydrogen-bond donors (Lipinski definition) is 2. The summed E-state index contributed by atoms with van der Waals surface area (Å²) in [5.41, 5.74) is 3.40. The Hall–Kier alpha value is -2.40. The highest BCUT2D eigenvalue weighted by Gasteiger charge is 2.32. The molecule has 1 aromatic carbocycles. The highest BCUT2D eigenvalue weighted by Crippen LogP contribution is 2.32. The second-order valence-corrected chi connectivity index (χ2v) is 5.54. The number of hydrogen-bond acceptors (Lipinski definition) is 4. The van der Waals surface area contributed by atoms with Crippen LogP contribution in [-0.2, 0) is 12.1 Å². The summed E-state index contributed by atoms with van der Waals surface area (Å²) in [6.45, 7) is 3.62. The van der Waals surface area contributed by atoms with Crippen LogP contribution in [0.4, 0.5) is 0 Å². The summed E-state index contributed by atoms with van der Waals surface area (Å²) in [6.07, 6.45) is 3.50. The van der Waals surface area contributed by atoms with E-state index in [1.54, 1.807) is 6.33 Å². The number of aromatic amines is 1. The number of rotatable bonds is 1. The molecule has 0 spiro atoms. The molecule has 106 valence electrons. The maximum atomic E-state index is 6.32. The standard InChI is InChI=1S/C16H16N4O/c1-16(12-6-13-15(18-8-12)20-10-19-13)9-17-7-11-4-2-3-5-14(11)21-16/h2-6,8,10,17H,7,9H2,1H3,(H,18,19,20). The van der Waals surface area contributed by atoms with E-state index in [9.17, 15) is 0 Å². The van der Waals surface area contributed by atoms with Crippen molar-refractivity contribution >= 4 is 11.2 Å². The van der Waals surface area contributed by atoms with Gasteiger partial charge in [0.1, 0.15) is 11.4 Å². The zero-order valence-corrected chi connectivity index (χ0v) is 11.8. The topological polar surface area (TPSA) is 62.8 Å². The molecule has 0 aliphatic carbocycles. The highest BCUT2D eigenvalue weighted by atomic mass is 16.5. The molecule has 2 aromatic heterocycles. The fourth-order valence-electron chi connectivity index (χ4n) is 2.74. The monoisotopic (exact) mass is 280 g/mol. The second kappa shape index (κ2) is 4.56. The van der Waals surface area contributed by atoms with Crippen LogP contribution in [0.15, 0.2) is 42.9 Å². The van der Waals surface area contributed by atoms with Crippen molar-refractivity contribution in [2.75, 3.05) is 6.54 Å². The summed E-state index contributed by atoms with van der Waals surface area (Å²) in [4.78, 5) is 11.7. The van der Waals surface area contributed by atoms with Crippen LogP contribution < -0.4 is 10.1 Å². The van der Waals surface area contributed by atoms with E-state index in [1.807, 2.05) is 24.4 Å². The fraction of sp³-hybridized carbons (Fsp3) is 0.250. The first-order chi connectivity index (χ1) is 10.2. The van der Waals surface area contributed by atoms with E-state index in [4.69, 9.17) is 4.74 Å². The van der Waals surface area contributed by atoms with E-state index in [1.165, 1.54) is 5.56 Å². The Morgan fingerprint density at radius 2 is 2.14 bits per heavy atom. The van der Waals surface area contributed by atoms with Gasteiger partial charge in [0.2, 0.25) is 0 Å². The lowest BCUT2D eigenvalue weighted by Gasteiger charge is -2.29. The first-order valence-electron chi connectivity index (χ1n) is 7.02. The van der Waals surface area contributed by atoms with Gasteiger partial charge in [-0.05, 0) is 19.1 Å². The number of aromatic nitrogens is 3. The Morgan fingerprint density at radius 1 is 1.24 bits per heavy atom. The van der Waals surface area contributed by atoms with Crippen LogP contribution in [0.1, 0.15) is 18.1 Å². The molecule has 1 atom stereocenters. The predicted octanol–water partition coefficient (Wildman–Crippen LogP) is 2.36. The van der Waals surface area contributed by atoms with Crippen molar-refractivity contribution in [1.82, 2.24) is 20.3 Å². The van der Waals surface area contributed by atoms with Crippen LogP contribution in [0.2, 0.25) is 0 Å². The Balaban J connectivity index is 1.78. The summed E-state index contributed by atoms with van der Waals surface area (Å²) in [7, 11) is 0. The molecule has 0 radical (unpaired) electrons. The predicted molar refractivity (Wildman–Crippen MR) is 80.0 cm³/mol. The van der Waals surface area contributed by atoms with Crippen molar-refractivity contribution < 1.29 is 4.74 Å². The molecule has 1 unspecified atom stereocenters. The van der Waals surface area contributed by atoms with E-state index in [2.05, 4.69) is 39.3 Å². The van der Waals surface area contributed by atoms with Crippen LogP contribution in [0.5, 0.6) is 5.75 Å². The van der Waals surface area contributed by atoms with Crippen LogP contribution in [-0.4, -0.2) is 21.5 Å². The first-order valence-corrected chi connectivity index (χ1v) is 7.02. The molecule has 0 bridgehead atoms. The van der Waals surface area contributed by atoms with Gasteiger partial charge < -0.3 is 15.0 Å². The third-order valence-electron chi connectivity index (χ3n) is 3.97. The van der Waals surface area contributed by atoms with E-state index in [0.29, 0.717) is 0 Å². The molecule has 21 heavy (non-hydrogen) atoms. The molecule has 0 saturated heterocycles. The van der Waals surface area contributed by atoms with Gasteiger partial charge in [-0.3, -0.25) is 0 Å². The molecule has 3 heterocycles. The van der Waals surface area contributed by atoms with E-state index < -0.39 is 5.60 Å². The lowest BCUT2D eigenvalue weighted by molar-refractivity contribution is 0.0924. The van der Waals surface area contributed by atoms with E-state index in [0.717, 1.165) is 35.6 Å². The number of nitrogens with one attached hydrogen (secondary N) is 2. The van der Waals surface area contributed by atoms with Gasteiger partial charge in [-0.1, -0.05) is 18.2 Å². The largest absolute Gasteiger partial charge is 0.481 e. The van der Waals surface area contributed by atoms with Crippen molar-refractivity contribution in [2.24, 2.45) is 0 Å². The van der Waals surface area contributed by atoms with Crippen molar-refractivity contribution in [2.45, 2.75) is 19.1 Å². The fourth-order valence-corrected chi connectivity index (χ4v) is 2.74. The van der Waals surface area contributed by atoms with Gasteiger partial charge in [0, 0.05) is 30.4 Å². The van der Waals surface area contributed by atoms with Crippen molar-refractivity contribution in [3.05, 3.63) is 54.0 Å². The van der Waals surface area contributed by atoms with Gasteiger partial charge in [0.15, 0.2) is 5.65 Å². The van der Waals surface area contributed by atoms with Gasteiger partial charge in [0.05, 0.1) is 11.8 Å². The average Bonchev–Trinajstić information content (AvgIpc) is 2.89. The number of para-hydroxylation sites is 1. The van der Waals surface area contributed by atoms with Crippen LogP contribution in [0, 0.1) is 0 Å². The minimum atomic E-state index is -0.459. The molecule has 0 amide bonds. The average molecular weight is 280 g/mol. The summed E-state index contributed by atoms with van der Waals surface area (Å²) in [5.74, 6) is 0.926. The molecule has 3 aromatic rings. The number of pyridine rings is 1. The third kappa shape index (κ3) is 2.06. The number of nitrogens with zero attached hydrogens (tertiary/aromatic N) is 2. The summed E-state index contributed by atoms with van der Waals surface area (Å²) >= 11 is 0. The van der Waals surface area contributed by atoms with Gasteiger partial charge >= 0.3 is 0 Å². The van der Waals surface area contributed by atoms with Gasteiger partial charge in [0.25, 0.3) is 0 Å². The van der Waals surface area contributed by atoms with Crippen molar-refractivity contribution in [3.63, 3.8) is 0 Å². The molecular formula is C16H16N4O. The number of ether oxygens (including phenoxy) is 1. The minimum Gasteiger partial charge on any atom is -0.481 e. The maximum absolute atomic E-state index is 6.32. The molecule has 1 aliphatic heterocycles. The quantitative estimate of drug-likeness (QED) is 0.718. The minimum absolute atomic E-state index is 0.459. The number of fused-ring (bicyclic) bond motifs is 2. The third-order valence-corrected chi connectivity index (χ3v) is 3.97. The maximum Gasteiger partial charge on any atom is 0.177 e. The Kier molecular flexibility index (Phi) is 2.68. The number of H-pyrrole nitrogens is 1. The SMILES string of the molecule is CC1(c2cnc3nc[nH]c3c2)CNCc2ccccc2O1. The normalized spacial score (nSPS) is 21.6. The van der Waals surface area contributed by atoms with Crippen molar-refractivity contribution in [1.29, 1.82) is 0 Å². The van der Waals surface area contributed by atoms with Crippen molar-refractivity contribution in [3.8, 4) is 5.75 Å². The molecule has 4 rings (SSSR count). The van der Waals surface area contributed by atoms with Crippen LogP contribution >= 0.6 is 0 Å². The molecule has 2 N–H and O–H groups in total. The van der Waals surface area contributed by atoms with Crippen LogP contribution in [0.3, 0.4) is 0 Å². The lowest BCUT2D eigenvalue weighted by Crippen LogP contribution is -2.38. The molecule has 0 saturated carbocycles. The molecule has 5 heteroatoms. The lowest BCUT2D eigenvalue weighted by atomic mass is 9.97. The molecule has 0 fully saturated rings. The van der Waals surface area contributed by atoms with E-state index in [-0.39, 0.29) is 0 Å². The van der Waals surface area contributed by atoms with E-state index >= 15 is 0 Å². The summed E-state index contributed by atoms with van der Waals surface area (Å²) in [5, 5.41) is 3.46. The second-order valence-electron chi connectivity index (χ2n) is 5.54. The van der Waals surface area contributed by atoms with Crippen LogP contribution in [0.25, 0.3) is 11.2 Å². The molecule has 5 nitrogen and oxygen atoms in total.